The zero-order valence-electron chi connectivity index (χ0n) is 13.3. The van der Waals surface area contributed by atoms with E-state index in [-0.39, 0.29) is 17.9 Å². The van der Waals surface area contributed by atoms with Gasteiger partial charge in [-0.3, -0.25) is 4.79 Å². The molecule has 1 amide bonds. The maximum Gasteiger partial charge on any atom is 0.295 e. The first-order chi connectivity index (χ1) is 11.2. The molecule has 2 aromatic rings. The fourth-order valence-electron chi connectivity index (χ4n) is 3.81. The van der Waals surface area contributed by atoms with E-state index in [4.69, 9.17) is 0 Å². The summed E-state index contributed by atoms with van der Waals surface area (Å²) in [6.45, 7) is 0.708. The van der Waals surface area contributed by atoms with E-state index in [2.05, 4.69) is 14.7 Å². The highest BCUT2D eigenvalue weighted by molar-refractivity contribution is 5.98. The molecule has 2 saturated carbocycles. The van der Waals surface area contributed by atoms with Crippen molar-refractivity contribution in [3.63, 3.8) is 0 Å². The second-order valence-corrected chi connectivity index (χ2v) is 7.16. The number of aliphatic hydroxyl groups excluding tert-OH is 1. The molecule has 122 valence electrons. The number of nitrogens with zero attached hydrogens (tertiary/aromatic N) is 1. The number of pyridine rings is 1. The second-order valence-electron chi connectivity index (χ2n) is 7.16. The van der Waals surface area contributed by atoms with Crippen LogP contribution in [0, 0.1) is 5.41 Å². The molecule has 0 radical (unpaired) electrons. The van der Waals surface area contributed by atoms with E-state index in [1.165, 1.54) is 12.8 Å². The summed E-state index contributed by atoms with van der Waals surface area (Å²) in [7, 11) is 0. The molecule has 2 aromatic heterocycles. The van der Waals surface area contributed by atoms with Crippen molar-refractivity contribution in [1.29, 1.82) is 0 Å². The Bertz CT molecular complexity index is 727. The number of fused-ring (bicyclic) bond motifs is 1. The van der Waals surface area contributed by atoms with Crippen molar-refractivity contribution >= 4 is 11.4 Å². The Hall–Kier alpha value is -1.88. The van der Waals surface area contributed by atoms with Crippen molar-refractivity contribution in [2.24, 2.45) is 5.41 Å². The molecule has 0 aliphatic heterocycles. The monoisotopic (exact) mass is 314 g/mol. The number of aromatic amines is 1. The minimum atomic E-state index is -0.121. The third-order valence-electron chi connectivity index (χ3n) is 5.44. The normalized spacial score (nSPS) is 20.0. The van der Waals surface area contributed by atoms with E-state index >= 15 is 0 Å². The molecule has 3 N–H and O–H groups in total. The van der Waals surface area contributed by atoms with Crippen LogP contribution in [0.2, 0.25) is 0 Å². The number of amides is 1. The zero-order valence-corrected chi connectivity index (χ0v) is 13.3. The number of hydrogen-bond acceptors (Lipinski definition) is 2. The first kappa shape index (κ1) is 14.7. The lowest BCUT2D eigenvalue weighted by Gasteiger charge is -2.26. The van der Waals surface area contributed by atoms with Crippen molar-refractivity contribution in [1.82, 2.24) is 10.3 Å². The summed E-state index contributed by atoms with van der Waals surface area (Å²) in [5, 5.41) is 12.7. The first-order valence-electron chi connectivity index (χ1n) is 8.64. The number of carbonyl (C=O) groups excluding carboxylic acids is 1. The van der Waals surface area contributed by atoms with Crippen molar-refractivity contribution in [3.8, 4) is 0 Å². The Morgan fingerprint density at radius 3 is 2.83 bits per heavy atom. The Balaban J connectivity index is 1.57. The number of hydrogen-bond donors (Lipinski definition) is 3. The van der Waals surface area contributed by atoms with Crippen molar-refractivity contribution in [2.75, 3.05) is 13.2 Å². The number of carbonyl (C=O) groups is 1. The lowest BCUT2D eigenvalue weighted by molar-refractivity contribution is -0.521. The van der Waals surface area contributed by atoms with Gasteiger partial charge in [-0.15, -0.1) is 0 Å². The highest BCUT2D eigenvalue weighted by atomic mass is 16.3. The predicted octanol–water partition coefficient (Wildman–Crippen LogP) is 1.91. The Morgan fingerprint density at radius 1 is 1.35 bits per heavy atom. The van der Waals surface area contributed by atoms with Gasteiger partial charge in [-0.25, -0.2) is 4.98 Å². The highest BCUT2D eigenvalue weighted by Crippen LogP contribution is 2.38. The van der Waals surface area contributed by atoms with Gasteiger partial charge in [0.25, 0.3) is 11.7 Å². The molecule has 0 bridgehead atoms. The maximum absolute atomic E-state index is 12.7. The van der Waals surface area contributed by atoms with E-state index in [0.717, 1.165) is 37.0 Å². The molecular formula is C18H24N3O2+. The largest absolute Gasteiger partial charge is 0.396 e. The number of imidazole rings is 1. The van der Waals surface area contributed by atoms with Crippen LogP contribution in [-0.4, -0.2) is 29.1 Å². The third kappa shape index (κ3) is 2.63. The molecule has 2 heterocycles. The van der Waals surface area contributed by atoms with Gasteiger partial charge < -0.3 is 10.4 Å². The minimum Gasteiger partial charge on any atom is -0.396 e. The van der Waals surface area contributed by atoms with Crippen LogP contribution in [0.15, 0.2) is 24.4 Å². The predicted molar refractivity (Wildman–Crippen MR) is 86.2 cm³/mol. The summed E-state index contributed by atoms with van der Waals surface area (Å²) >= 11 is 0. The molecule has 0 saturated heterocycles. The van der Waals surface area contributed by atoms with Crippen LogP contribution >= 0.6 is 0 Å². The molecule has 2 fully saturated rings. The number of rotatable bonds is 5. The van der Waals surface area contributed by atoms with Crippen LogP contribution in [0.1, 0.15) is 60.8 Å². The first-order valence-corrected chi connectivity index (χ1v) is 8.64. The van der Waals surface area contributed by atoms with Crippen LogP contribution in [0.5, 0.6) is 0 Å². The summed E-state index contributed by atoms with van der Waals surface area (Å²) in [4.78, 5) is 16.0. The number of H-pyrrole nitrogens is 1. The van der Waals surface area contributed by atoms with Crippen LogP contribution in [0.4, 0.5) is 0 Å². The van der Waals surface area contributed by atoms with Crippen molar-refractivity contribution in [3.05, 3.63) is 35.9 Å². The van der Waals surface area contributed by atoms with E-state index in [1.54, 1.807) is 0 Å². The molecule has 5 heteroatoms. The van der Waals surface area contributed by atoms with Gasteiger partial charge in [-0.2, -0.15) is 4.40 Å². The van der Waals surface area contributed by atoms with E-state index in [9.17, 15) is 9.90 Å². The summed E-state index contributed by atoms with van der Waals surface area (Å²) in [5.74, 6) is 1.61. The van der Waals surface area contributed by atoms with Gasteiger partial charge in [-0.05, 0) is 37.8 Å². The molecule has 0 spiro atoms. The fourth-order valence-corrected chi connectivity index (χ4v) is 3.81. The molecule has 0 unspecified atom stereocenters. The van der Waals surface area contributed by atoms with Crippen LogP contribution in [0.3, 0.4) is 0 Å². The van der Waals surface area contributed by atoms with Crippen LogP contribution in [0.25, 0.3) is 5.52 Å². The Kier molecular flexibility index (Phi) is 3.60. The Labute approximate surface area is 135 Å². The lowest BCUT2D eigenvalue weighted by atomic mass is 9.87. The van der Waals surface area contributed by atoms with Gasteiger partial charge >= 0.3 is 0 Å². The SMILES string of the molecule is O=C(NCC1(CO)CCCC1)c1[nH]c(C2CC2)[n+]2ccccc12. The average Bonchev–Trinajstić information content (AvgIpc) is 3.20. The van der Waals surface area contributed by atoms with Gasteiger partial charge in [0.2, 0.25) is 5.69 Å². The highest BCUT2D eigenvalue weighted by Gasteiger charge is 2.37. The van der Waals surface area contributed by atoms with Crippen molar-refractivity contribution < 1.29 is 14.3 Å². The molecule has 5 nitrogen and oxygen atoms in total. The molecule has 23 heavy (non-hydrogen) atoms. The number of aliphatic hydroxyl groups is 1. The molecular weight excluding hydrogens is 290 g/mol. The summed E-state index contributed by atoms with van der Waals surface area (Å²) < 4.78 is 2.10. The topological polar surface area (TPSA) is 69.2 Å². The molecule has 0 aromatic carbocycles. The summed E-state index contributed by atoms with van der Waals surface area (Å²) in [5.41, 5.74) is 1.44. The molecule has 2 aliphatic carbocycles. The van der Waals surface area contributed by atoms with E-state index in [1.807, 2.05) is 24.4 Å². The molecule has 4 rings (SSSR count). The molecule has 0 atom stereocenters. The van der Waals surface area contributed by atoms with Crippen LogP contribution < -0.4 is 9.72 Å². The maximum atomic E-state index is 12.7. The van der Waals surface area contributed by atoms with E-state index in [0.29, 0.717) is 18.2 Å². The average molecular weight is 314 g/mol. The van der Waals surface area contributed by atoms with Crippen molar-refractivity contribution in [2.45, 2.75) is 44.4 Å². The fraction of sp³-hybridized carbons (Fsp3) is 0.556. The van der Waals surface area contributed by atoms with E-state index < -0.39 is 0 Å². The number of nitrogens with one attached hydrogen (secondary N) is 2. The Morgan fingerprint density at radius 2 is 2.13 bits per heavy atom. The summed E-state index contributed by atoms with van der Waals surface area (Å²) in [6.07, 6.45) is 8.67. The lowest BCUT2D eigenvalue weighted by Crippen LogP contribution is -2.38. The van der Waals surface area contributed by atoms with Gasteiger partial charge in [0.1, 0.15) is 0 Å². The van der Waals surface area contributed by atoms with Gasteiger partial charge in [0, 0.05) is 12.0 Å². The van der Waals surface area contributed by atoms with Crippen LogP contribution in [-0.2, 0) is 0 Å². The van der Waals surface area contributed by atoms with Gasteiger partial charge in [-0.1, -0.05) is 18.9 Å². The second kappa shape index (κ2) is 5.64. The van der Waals surface area contributed by atoms with Gasteiger partial charge in [0.15, 0.2) is 5.52 Å². The third-order valence-corrected chi connectivity index (χ3v) is 5.44. The minimum absolute atomic E-state index is 0.0691. The molecule has 2 aliphatic rings. The summed E-state index contributed by atoms with van der Waals surface area (Å²) in [6, 6.07) is 5.94. The standard InChI is InChI=1S/C18H23N3O2/c22-12-18(8-2-3-9-18)11-19-17(23)15-14-5-1-4-10-21(14)16(20-15)13-6-7-13/h1,4-5,10,13,22H,2-3,6-9,11-12H2,(H,19,23)/p+1. The quantitative estimate of drug-likeness (QED) is 0.738. The smallest absolute Gasteiger partial charge is 0.295 e. The van der Waals surface area contributed by atoms with Gasteiger partial charge in [0.05, 0.1) is 18.7 Å². The zero-order chi connectivity index (χ0) is 15.9. The number of aromatic nitrogens is 2.